The van der Waals surface area contributed by atoms with Crippen LogP contribution in [0, 0.1) is 0 Å². The second-order valence-electron chi connectivity index (χ2n) is 8.15. The number of amides is 3. The fourth-order valence-corrected chi connectivity index (χ4v) is 4.87. The zero-order chi connectivity index (χ0) is 25.2. The summed E-state index contributed by atoms with van der Waals surface area (Å²) < 4.78 is 15.8. The van der Waals surface area contributed by atoms with E-state index < -0.39 is 23.8 Å². The molecule has 2 aliphatic heterocycles. The number of rotatable bonds is 7. The Bertz CT molecular complexity index is 1320. The van der Waals surface area contributed by atoms with E-state index in [2.05, 4.69) is 0 Å². The van der Waals surface area contributed by atoms with Crippen molar-refractivity contribution >= 4 is 40.7 Å². The first kappa shape index (κ1) is 23.6. The number of carbonyl (C=O) groups excluding carboxylic acids is 4. The Morgan fingerprint density at radius 3 is 2.58 bits per heavy atom. The number of fused-ring (bicyclic) bond motifs is 1. The Kier molecular flexibility index (Phi) is 6.43. The molecule has 1 atom stereocenters. The number of benzene rings is 2. The highest BCUT2D eigenvalue weighted by atomic mass is 32.1. The van der Waals surface area contributed by atoms with E-state index in [4.69, 9.17) is 14.2 Å². The van der Waals surface area contributed by atoms with Crippen molar-refractivity contribution in [1.82, 2.24) is 4.90 Å². The van der Waals surface area contributed by atoms with Crippen molar-refractivity contribution in [1.29, 1.82) is 0 Å². The van der Waals surface area contributed by atoms with Gasteiger partial charge in [-0.2, -0.15) is 0 Å². The van der Waals surface area contributed by atoms with E-state index in [1.165, 1.54) is 40.5 Å². The number of carbonyl (C=O) groups is 4. The number of ether oxygens (including phenoxy) is 3. The molecule has 0 radical (unpaired) electrons. The van der Waals surface area contributed by atoms with Gasteiger partial charge in [-0.15, -0.1) is 11.3 Å². The van der Waals surface area contributed by atoms with Gasteiger partial charge in [-0.1, -0.05) is 12.1 Å². The first-order chi connectivity index (χ1) is 17.5. The molecule has 2 aromatic carbocycles. The molecule has 2 aliphatic rings. The summed E-state index contributed by atoms with van der Waals surface area (Å²) in [5.41, 5.74) is 1.38. The number of esters is 1. The van der Waals surface area contributed by atoms with Gasteiger partial charge in [-0.3, -0.25) is 14.4 Å². The van der Waals surface area contributed by atoms with Crippen LogP contribution in [0.3, 0.4) is 0 Å². The topological polar surface area (TPSA) is 102 Å². The molecule has 36 heavy (non-hydrogen) atoms. The highest BCUT2D eigenvalue weighted by Crippen LogP contribution is 2.34. The van der Waals surface area contributed by atoms with Crippen LogP contribution in [0.15, 0.2) is 60.0 Å². The number of hydrogen-bond acceptors (Lipinski definition) is 8. The van der Waals surface area contributed by atoms with Crippen molar-refractivity contribution in [2.24, 2.45) is 0 Å². The molecular formula is C26H22N2O7S. The summed E-state index contributed by atoms with van der Waals surface area (Å²) in [5.74, 6) is -0.587. The molecule has 3 amide bonds. The minimum Gasteiger partial charge on any atom is -0.462 e. The van der Waals surface area contributed by atoms with E-state index in [9.17, 15) is 19.2 Å². The van der Waals surface area contributed by atoms with Crippen LogP contribution < -0.4 is 14.4 Å². The minimum atomic E-state index is -0.984. The summed E-state index contributed by atoms with van der Waals surface area (Å²) in [6.45, 7) is 2.17. The van der Waals surface area contributed by atoms with Gasteiger partial charge in [0.05, 0.1) is 29.2 Å². The smallest absolute Gasteiger partial charge is 0.338 e. The van der Waals surface area contributed by atoms with Gasteiger partial charge in [-0.25, -0.2) is 9.69 Å². The summed E-state index contributed by atoms with van der Waals surface area (Å²) in [4.78, 5) is 54.8. The zero-order valence-corrected chi connectivity index (χ0v) is 20.2. The fourth-order valence-electron chi connectivity index (χ4n) is 4.19. The maximum atomic E-state index is 13.5. The van der Waals surface area contributed by atoms with E-state index in [0.29, 0.717) is 27.6 Å². The molecule has 5 rings (SSSR count). The molecule has 10 heteroatoms. The Labute approximate surface area is 210 Å². The predicted molar refractivity (Wildman–Crippen MR) is 130 cm³/mol. The Balaban J connectivity index is 1.42. The van der Waals surface area contributed by atoms with Gasteiger partial charge in [0.15, 0.2) is 11.5 Å². The standard InChI is InChI=1S/C26H22N2O7S/c1-2-33-26(32)17-6-8-18(9-7-17)28-23(29)13-19(24(28)30)27(25(31)22-4-3-11-36-22)14-16-5-10-20-21(12-16)35-15-34-20/h3-12,19H,2,13-15H2,1H3. The third-order valence-corrected chi connectivity index (χ3v) is 6.78. The molecule has 0 spiro atoms. The lowest BCUT2D eigenvalue weighted by Crippen LogP contribution is -2.44. The minimum absolute atomic E-state index is 0.104. The maximum Gasteiger partial charge on any atom is 0.338 e. The van der Waals surface area contributed by atoms with Crippen LogP contribution in [-0.2, 0) is 20.9 Å². The van der Waals surface area contributed by atoms with Crippen molar-refractivity contribution < 1.29 is 33.4 Å². The molecule has 0 bridgehead atoms. The lowest BCUT2D eigenvalue weighted by Gasteiger charge is -2.27. The van der Waals surface area contributed by atoms with Crippen molar-refractivity contribution in [3.8, 4) is 11.5 Å². The number of nitrogens with zero attached hydrogens (tertiary/aromatic N) is 2. The molecule has 1 saturated heterocycles. The Morgan fingerprint density at radius 2 is 1.86 bits per heavy atom. The quantitative estimate of drug-likeness (QED) is 0.356. The highest BCUT2D eigenvalue weighted by Gasteiger charge is 2.44. The number of anilines is 1. The molecule has 3 heterocycles. The van der Waals surface area contributed by atoms with E-state index >= 15 is 0 Å². The third kappa shape index (κ3) is 4.42. The van der Waals surface area contributed by atoms with Gasteiger partial charge >= 0.3 is 5.97 Å². The second-order valence-corrected chi connectivity index (χ2v) is 9.10. The largest absolute Gasteiger partial charge is 0.462 e. The lowest BCUT2D eigenvalue weighted by atomic mass is 10.1. The van der Waals surface area contributed by atoms with Gasteiger partial charge in [0.25, 0.3) is 11.8 Å². The number of thiophene rings is 1. The van der Waals surface area contributed by atoms with Crippen molar-refractivity contribution in [2.75, 3.05) is 18.3 Å². The van der Waals surface area contributed by atoms with Gasteiger partial charge < -0.3 is 19.1 Å². The van der Waals surface area contributed by atoms with Crippen LogP contribution in [0.2, 0.25) is 0 Å². The van der Waals surface area contributed by atoms with E-state index in [1.807, 2.05) is 0 Å². The molecule has 0 aliphatic carbocycles. The van der Waals surface area contributed by atoms with Crippen LogP contribution >= 0.6 is 11.3 Å². The van der Waals surface area contributed by atoms with Crippen LogP contribution in [-0.4, -0.2) is 48.0 Å². The lowest BCUT2D eigenvalue weighted by molar-refractivity contribution is -0.122. The van der Waals surface area contributed by atoms with Crippen LogP contribution in [0.25, 0.3) is 0 Å². The molecule has 0 N–H and O–H groups in total. The maximum absolute atomic E-state index is 13.5. The van der Waals surface area contributed by atoms with Gasteiger partial charge in [-0.05, 0) is 60.3 Å². The molecule has 3 aromatic rings. The molecule has 1 aromatic heterocycles. The summed E-state index contributed by atoms with van der Waals surface area (Å²) in [6, 6.07) is 13.8. The van der Waals surface area contributed by atoms with Crippen molar-refractivity contribution in [2.45, 2.75) is 25.9 Å². The fraction of sp³-hybridized carbons (Fsp3) is 0.231. The molecule has 1 unspecified atom stereocenters. The van der Waals surface area contributed by atoms with Gasteiger partial charge in [0, 0.05) is 6.54 Å². The molecule has 9 nitrogen and oxygen atoms in total. The number of hydrogen-bond donors (Lipinski definition) is 0. The summed E-state index contributed by atoms with van der Waals surface area (Å²) in [5, 5.41) is 1.78. The molecular weight excluding hydrogens is 484 g/mol. The van der Waals surface area contributed by atoms with Crippen LogP contribution in [0.4, 0.5) is 5.69 Å². The number of imide groups is 1. The zero-order valence-electron chi connectivity index (χ0n) is 19.3. The summed E-state index contributed by atoms with van der Waals surface area (Å²) in [7, 11) is 0. The van der Waals surface area contributed by atoms with Gasteiger partial charge in [0.2, 0.25) is 12.7 Å². The van der Waals surface area contributed by atoms with Crippen molar-refractivity contribution in [3.63, 3.8) is 0 Å². The normalized spacial score (nSPS) is 16.4. The average Bonchev–Trinajstić information content (AvgIpc) is 3.63. The Hall–Kier alpha value is -4.18. The van der Waals surface area contributed by atoms with E-state index in [1.54, 1.807) is 42.6 Å². The third-order valence-electron chi connectivity index (χ3n) is 5.92. The molecule has 0 saturated carbocycles. The van der Waals surface area contributed by atoms with Crippen LogP contribution in [0.1, 0.15) is 38.9 Å². The van der Waals surface area contributed by atoms with Crippen molar-refractivity contribution in [3.05, 3.63) is 76.0 Å². The SMILES string of the molecule is CCOC(=O)c1ccc(N2C(=O)CC(N(Cc3ccc4c(c3)OCO4)C(=O)c3cccs3)C2=O)cc1. The average molecular weight is 507 g/mol. The first-order valence-corrected chi connectivity index (χ1v) is 12.2. The van der Waals surface area contributed by atoms with E-state index in [-0.39, 0.29) is 32.3 Å². The first-order valence-electron chi connectivity index (χ1n) is 11.3. The predicted octanol–water partition coefficient (Wildman–Crippen LogP) is 3.63. The molecule has 184 valence electrons. The monoisotopic (exact) mass is 506 g/mol. The Morgan fingerprint density at radius 1 is 1.08 bits per heavy atom. The summed E-state index contributed by atoms with van der Waals surface area (Å²) in [6.07, 6.45) is -0.153. The second kappa shape index (κ2) is 9.82. The van der Waals surface area contributed by atoms with Gasteiger partial charge in [0.1, 0.15) is 6.04 Å². The summed E-state index contributed by atoms with van der Waals surface area (Å²) >= 11 is 1.27. The molecule has 1 fully saturated rings. The van der Waals surface area contributed by atoms with E-state index in [0.717, 1.165) is 10.5 Å². The van der Waals surface area contributed by atoms with Crippen LogP contribution in [0.5, 0.6) is 11.5 Å². The highest BCUT2D eigenvalue weighted by molar-refractivity contribution is 7.12.